The second-order valence-corrected chi connectivity index (χ2v) is 5.14. The first-order valence-electron chi connectivity index (χ1n) is 6.19. The number of rotatable bonds is 3. The summed E-state index contributed by atoms with van der Waals surface area (Å²) in [5.41, 5.74) is 2.25. The molecule has 1 aromatic carbocycles. The number of carbonyl (C=O) groups excluding carboxylic acids is 1. The quantitative estimate of drug-likeness (QED) is 0.820. The Bertz CT molecular complexity index is 411. The Morgan fingerprint density at radius 1 is 1.29 bits per heavy atom. The summed E-state index contributed by atoms with van der Waals surface area (Å²) in [4.78, 5) is 13.7. The van der Waals surface area contributed by atoms with E-state index in [0.717, 1.165) is 18.7 Å². The number of carbonyl (C=O) groups is 1. The summed E-state index contributed by atoms with van der Waals surface area (Å²) in [6.07, 6.45) is 4.27. The molecule has 17 heavy (non-hydrogen) atoms. The van der Waals surface area contributed by atoms with Crippen molar-refractivity contribution in [3.8, 4) is 0 Å². The summed E-state index contributed by atoms with van der Waals surface area (Å²) in [5.74, 6) is 0.186. The molecule has 2 rings (SSSR count). The Balaban J connectivity index is 2.27. The number of hydrogen-bond donors (Lipinski definition) is 0. The van der Waals surface area contributed by atoms with Crippen molar-refractivity contribution in [3.63, 3.8) is 0 Å². The molecule has 3 heteroatoms. The number of halogens is 1. The molecule has 0 bridgehead atoms. The van der Waals surface area contributed by atoms with E-state index in [0.29, 0.717) is 11.4 Å². The first-order valence-corrected chi connectivity index (χ1v) is 6.57. The lowest BCUT2D eigenvalue weighted by Gasteiger charge is -2.30. The van der Waals surface area contributed by atoms with Crippen LogP contribution in [0.2, 0.25) is 5.02 Å². The third-order valence-corrected chi connectivity index (χ3v) is 3.41. The number of hydrogen-bond acceptors (Lipinski definition) is 2. The third kappa shape index (κ3) is 3.22. The van der Waals surface area contributed by atoms with E-state index < -0.39 is 0 Å². The molecular weight excluding hydrogens is 234 g/mol. The molecule has 92 valence electrons. The van der Waals surface area contributed by atoms with Gasteiger partial charge < -0.3 is 4.90 Å². The lowest BCUT2D eigenvalue weighted by atomic mass is 10.0. The van der Waals surface area contributed by atoms with Crippen LogP contribution < -0.4 is 4.90 Å². The topological polar surface area (TPSA) is 20.3 Å². The maximum absolute atomic E-state index is 11.3. The van der Waals surface area contributed by atoms with Crippen molar-refractivity contribution in [1.82, 2.24) is 0 Å². The SMILES string of the molecule is CC(=O)Cc1cc(Cl)ccc1N1CCCCC1. The van der Waals surface area contributed by atoms with E-state index in [1.54, 1.807) is 6.92 Å². The fourth-order valence-corrected chi connectivity index (χ4v) is 2.60. The van der Waals surface area contributed by atoms with Gasteiger partial charge in [-0.3, -0.25) is 4.79 Å². The highest BCUT2D eigenvalue weighted by atomic mass is 35.5. The van der Waals surface area contributed by atoms with Crippen molar-refractivity contribution in [2.45, 2.75) is 32.6 Å². The Hall–Kier alpha value is -1.02. The zero-order chi connectivity index (χ0) is 12.3. The number of anilines is 1. The van der Waals surface area contributed by atoms with E-state index in [1.165, 1.54) is 24.9 Å². The Morgan fingerprint density at radius 3 is 2.65 bits per heavy atom. The van der Waals surface area contributed by atoms with Crippen LogP contribution in [0, 0.1) is 0 Å². The molecule has 0 aromatic heterocycles. The largest absolute Gasteiger partial charge is 0.371 e. The van der Waals surface area contributed by atoms with Crippen LogP contribution in [0.4, 0.5) is 5.69 Å². The number of nitrogens with zero attached hydrogens (tertiary/aromatic N) is 1. The molecule has 2 nitrogen and oxygen atoms in total. The van der Waals surface area contributed by atoms with Crippen molar-refractivity contribution in [2.75, 3.05) is 18.0 Å². The molecule has 0 aliphatic carbocycles. The summed E-state index contributed by atoms with van der Waals surface area (Å²) in [6, 6.07) is 5.88. The molecule has 0 N–H and O–H groups in total. The molecule has 0 radical (unpaired) electrons. The smallest absolute Gasteiger partial charge is 0.134 e. The van der Waals surface area contributed by atoms with Gasteiger partial charge in [-0.05, 0) is 49.9 Å². The normalized spacial score (nSPS) is 16.0. The van der Waals surface area contributed by atoms with E-state index in [9.17, 15) is 4.79 Å². The first-order chi connectivity index (χ1) is 8.16. The van der Waals surface area contributed by atoms with Crippen LogP contribution in [0.1, 0.15) is 31.7 Å². The molecule has 0 amide bonds. The number of benzene rings is 1. The van der Waals surface area contributed by atoms with Crippen LogP contribution in [0.5, 0.6) is 0 Å². The van der Waals surface area contributed by atoms with Crippen molar-refractivity contribution in [2.24, 2.45) is 0 Å². The molecule has 1 saturated heterocycles. The summed E-state index contributed by atoms with van der Waals surface area (Å²) < 4.78 is 0. The second-order valence-electron chi connectivity index (χ2n) is 4.70. The molecule has 1 aliphatic heterocycles. The van der Waals surface area contributed by atoms with Crippen molar-refractivity contribution >= 4 is 23.1 Å². The average molecular weight is 252 g/mol. The average Bonchev–Trinajstić information content (AvgIpc) is 2.29. The zero-order valence-corrected chi connectivity index (χ0v) is 11.0. The van der Waals surface area contributed by atoms with Crippen molar-refractivity contribution in [3.05, 3.63) is 28.8 Å². The zero-order valence-electron chi connectivity index (χ0n) is 10.2. The molecule has 1 aromatic rings. The summed E-state index contributed by atoms with van der Waals surface area (Å²) >= 11 is 6.01. The third-order valence-electron chi connectivity index (χ3n) is 3.18. The fourth-order valence-electron chi connectivity index (χ4n) is 2.41. The van der Waals surface area contributed by atoms with Gasteiger partial charge >= 0.3 is 0 Å². The van der Waals surface area contributed by atoms with Gasteiger partial charge in [0.05, 0.1) is 0 Å². The van der Waals surface area contributed by atoms with Crippen LogP contribution in [-0.4, -0.2) is 18.9 Å². The molecule has 0 atom stereocenters. The number of piperidine rings is 1. The van der Waals surface area contributed by atoms with E-state index in [2.05, 4.69) is 4.90 Å². The molecule has 0 spiro atoms. The summed E-state index contributed by atoms with van der Waals surface area (Å²) in [6.45, 7) is 3.81. The molecule has 0 unspecified atom stereocenters. The Kier molecular flexibility index (Phi) is 4.06. The minimum absolute atomic E-state index is 0.186. The minimum atomic E-state index is 0.186. The van der Waals surface area contributed by atoms with Gasteiger partial charge in [0, 0.05) is 30.2 Å². The van der Waals surface area contributed by atoms with Gasteiger partial charge in [-0.25, -0.2) is 0 Å². The highest BCUT2D eigenvalue weighted by Crippen LogP contribution is 2.27. The fraction of sp³-hybridized carbons (Fsp3) is 0.500. The molecule has 1 fully saturated rings. The number of Topliss-reactive ketones (excluding diaryl/α,β-unsaturated/α-hetero) is 1. The van der Waals surface area contributed by atoms with E-state index in [4.69, 9.17) is 11.6 Å². The lowest BCUT2D eigenvalue weighted by Crippen LogP contribution is -2.30. The van der Waals surface area contributed by atoms with E-state index in [-0.39, 0.29) is 5.78 Å². The van der Waals surface area contributed by atoms with Crippen LogP contribution in [0.3, 0.4) is 0 Å². The van der Waals surface area contributed by atoms with E-state index in [1.807, 2.05) is 18.2 Å². The summed E-state index contributed by atoms with van der Waals surface area (Å²) in [5, 5.41) is 0.710. The van der Waals surface area contributed by atoms with Gasteiger partial charge in [-0.1, -0.05) is 11.6 Å². The monoisotopic (exact) mass is 251 g/mol. The predicted octanol–water partition coefficient (Wildman–Crippen LogP) is 3.46. The minimum Gasteiger partial charge on any atom is -0.371 e. The number of ketones is 1. The maximum Gasteiger partial charge on any atom is 0.134 e. The van der Waals surface area contributed by atoms with Gasteiger partial charge in [0.1, 0.15) is 5.78 Å². The molecular formula is C14H18ClNO. The standard InChI is InChI=1S/C14H18ClNO/c1-11(17)9-12-10-13(15)5-6-14(12)16-7-3-2-4-8-16/h5-6,10H,2-4,7-9H2,1H3. The van der Waals surface area contributed by atoms with Crippen molar-refractivity contribution in [1.29, 1.82) is 0 Å². The first kappa shape index (κ1) is 12.4. The molecule has 1 heterocycles. The van der Waals surface area contributed by atoms with Gasteiger partial charge in [-0.2, -0.15) is 0 Å². The molecule has 0 saturated carbocycles. The lowest BCUT2D eigenvalue weighted by molar-refractivity contribution is -0.116. The highest BCUT2D eigenvalue weighted by Gasteiger charge is 2.15. The van der Waals surface area contributed by atoms with Gasteiger partial charge in [0.2, 0.25) is 0 Å². The van der Waals surface area contributed by atoms with Gasteiger partial charge in [0.25, 0.3) is 0 Å². The van der Waals surface area contributed by atoms with Gasteiger partial charge in [-0.15, -0.1) is 0 Å². The van der Waals surface area contributed by atoms with Crippen molar-refractivity contribution < 1.29 is 4.79 Å². The Morgan fingerprint density at radius 2 is 2.00 bits per heavy atom. The van der Waals surface area contributed by atoms with Gasteiger partial charge in [0.15, 0.2) is 0 Å². The molecule has 1 aliphatic rings. The second kappa shape index (κ2) is 5.54. The highest BCUT2D eigenvalue weighted by molar-refractivity contribution is 6.30. The maximum atomic E-state index is 11.3. The van der Waals surface area contributed by atoms with Crippen LogP contribution in [0.25, 0.3) is 0 Å². The summed E-state index contributed by atoms with van der Waals surface area (Å²) in [7, 11) is 0. The predicted molar refractivity (Wildman–Crippen MR) is 71.9 cm³/mol. The van der Waals surface area contributed by atoms with Crippen LogP contribution in [0.15, 0.2) is 18.2 Å². The van der Waals surface area contributed by atoms with Crippen LogP contribution >= 0.6 is 11.6 Å². The van der Waals surface area contributed by atoms with Crippen LogP contribution in [-0.2, 0) is 11.2 Å². The van der Waals surface area contributed by atoms with E-state index >= 15 is 0 Å². The Labute approximate surface area is 108 Å².